The smallest absolute Gasteiger partial charge is 0.335 e. The van der Waals surface area contributed by atoms with Gasteiger partial charge in [0.1, 0.15) is 0 Å². The van der Waals surface area contributed by atoms with Crippen molar-refractivity contribution < 1.29 is 14.7 Å². The van der Waals surface area contributed by atoms with Crippen LogP contribution in [0.3, 0.4) is 0 Å². The van der Waals surface area contributed by atoms with Gasteiger partial charge in [-0.2, -0.15) is 0 Å². The summed E-state index contributed by atoms with van der Waals surface area (Å²) < 4.78 is 0. The number of carbonyl (C=O) groups excluding carboxylic acids is 1. The van der Waals surface area contributed by atoms with Crippen molar-refractivity contribution >= 4 is 51.3 Å². The van der Waals surface area contributed by atoms with E-state index < -0.39 is 5.97 Å². The average Bonchev–Trinajstić information content (AvgIpc) is 3.02. The van der Waals surface area contributed by atoms with Crippen LogP contribution < -0.4 is 0 Å². The van der Waals surface area contributed by atoms with E-state index in [2.05, 4.69) is 4.99 Å². The van der Waals surface area contributed by atoms with Crippen LogP contribution >= 0.6 is 11.8 Å². The zero-order chi connectivity index (χ0) is 20.4. The summed E-state index contributed by atoms with van der Waals surface area (Å²) in [4.78, 5) is 30.7. The summed E-state index contributed by atoms with van der Waals surface area (Å²) in [6, 6.07) is 20.4. The molecule has 1 N–H and O–H groups in total. The first-order valence-corrected chi connectivity index (χ1v) is 9.99. The van der Waals surface area contributed by atoms with Crippen molar-refractivity contribution in [2.24, 2.45) is 4.99 Å². The molecule has 5 nitrogen and oxygen atoms in total. The predicted molar refractivity (Wildman–Crippen MR) is 117 cm³/mol. The van der Waals surface area contributed by atoms with E-state index >= 15 is 0 Å². The van der Waals surface area contributed by atoms with Crippen LogP contribution in [0.15, 0.2) is 76.6 Å². The fourth-order valence-electron chi connectivity index (χ4n) is 3.18. The molecule has 1 heterocycles. The van der Waals surface area contributed by atoms with Gasteiger partial charge in [-0.05, 0) is 65.4 Å². The van der Waals surface area contributed by atoms with Crippen molar-refractivity contribution in [3.8, 4) is 0 Å². The van der Waals surface area contributed by atoms with Gasteiger partial charge in [0.05, 0.1) is 16.2 Å². The van der Waals surface area contributed by atoms with Crippen LogP contribution in [0.5, 0.6) is 0 Å². The topological polar surface area (TPSA) is 70.0 Å². The summed E-state index contributed by atoms with van der Waals surface area (Å²) in [6.07, 6.45) is 1.91. The molecule has 0 aliphatic carbocycles. The van der Waals surface area contributed by atoms with E-state index in [1.807, 2.05) is 55.5 Å². The molecule has 6 heteroatoms. The van der Waals surface area contributed by atoms with Crippen LogP contribution in [-0.4, -0.2) is 33.6 Å². The van der Waals surface area contributed by atoms with Crippen molar-refractivity contribution in [1.29, 1.82) is 0 Å². The number of hydrogen-bond donors (Lipinski definition) is 1. The van der Waals surface area contributed by atoms with Gasteiger partial charge < -0.3 is 5.11 Å². The molecular formula is C23H18N2O3S. The number of carboxylic acids is 1. The van der Waals surface area contributed by atoms with E-state index in [0.717, 1.165) is 16.3 Å². The summed E-state index contributed by atoms with van der Waals surface area (Å²) in [7, 11) is 0. The summed E-state index contributed by atoms with van der Waals surface area (Å²) in [5, 5.41) is 11.8. The molecule has 0 radical (unpaired) electrons. The van der Waals surface area contributed by atoms with Gasteiger partial charge >= 0.3 is 5.97 Å². The Morgan fingerprint density at radius 3 is 2.52 bits per heavy atom. The number of aliphatic imine (C=N–C) groups is 1. The molecule has 1 aliphatic heterocycles. The van der Waals surface area contributed by atoms with Gasteiger partial charge in [0, 0.05) is 6.54 Å². The maximum Gasteiger partial charge on any atom is 0.335 e. The minimum atomic E-state index is -0.981. The molecule has 3 aromatic carbocycles. The first-order valence-electron chi connectivity index (χ1n) is 9.18. The summed E-state index contributed by atoms with van der Waals surface area (Å²) in [5.74, 6) is -1.06. The summed E-state index contributed by atoms with van der Waals surface area (Å²) in [5.41, 5.74) is 1.80. The number of fused-ring (bicyclic) bond motifs is 1. The van der Waals surface area contributed by atoms with Crippen LogP contribution in [0, 0.1) is 0 Å². The van der Waals surface area contributed by atoms with Crippen molar-refractivity contribution in [2.75, 3.05) is 6.54 Å². The second-order valence-electron chi connectivity index (χ2n) is 6.47. The number of rotatable bonds is 4. The fraction of sp³-hybridized carbons (Fsp3) is 0.0870. The Labute approximate surface area is 172 Å². The Bertz CT molecular complexity index is 1160. The molecule has 0 saturated carbocycles. The second kappa shape index (κ2) is 7.93. The third-order valence-corrected chi connectivity index (χ3v) is 5.66. The lowest BCUT2D eigenvalue weighted by Gasteiger charge is -2.12. The highest BCUT2D eigenvalue weighted by Crippen LogP contribution is 2.35. The molecule has 0 aromatic heterocycles. The van der Waals surface area contributed by atoms with E-state index in [1.165, 1.54) is 23.9 Å². The highest BCUT2D eigenvalue weighted by atomic mass is 32.2. The zero-order valence-corrected chi connectivity index (χ0v) is 16.5. The number of nitrogens with zero attached hydrogens (tertiary/aromatic N) is 2. The van der Waals surface area contributed by atoms with Gasteiger partial charge in [-0.15, -0.1) is 0 Å². The van der Waals surface area contributed by atoms with Crippen LogP contribution in [0.25, 0.3) is 16.8 Å². The Morgan fingerprint density at radius 2 is 1.79 bits per heavy atom. The van der Waals surface area contributed by atoms with E-state index in [-0.39, 0.29) is 11.5 Å². The number of amides is 1. The second-order valence-corrected chi connectivity index (χ2v) is 7.48. The van der Waals surface area contributed by atoms with Crippen LogP contribution in [0.1, 0.15) is 22.8 Å². The van der Waals surface area contributed by atoms with Gasteiger partial charge in [0.25, 0.3) is 5.91 Å². The van der Waals surface area contributed by atoms with Crippen molar-refractivity contribution in [1.82, 2.24) is 4.90 Å². The third-order valence-electron chi connectivity index (χ3n) is 4.65. The van der Waals surface area contributed by atoms with Crippen molar-refractivity contribution in [3.05, 3.63) is 82.8 Å². The van der Waals surface area contributed by atoms with E-state index in [4.69, 9.17) is 5.11 Å². The van der Waals surface area contributed by atoms with Crippen molar-refractivity contribution in [3.63, 3.8) is 0 Å². The van der Waals surface area contributed by atoms with Gasteiger partial charge in [0.2, 0.25) is 0 Å². The minimum Gasteiger partial charge on any atom is -0.478 e. The number of thioether (sulfide) groups is 1. The molecule has 144 valence electrons. The molecule has 0 unspecified atom stereocenters. The molecule has 1 amide bonds. The molecule has 3 aromatic rings. The minimum absolute atomic E-state index is 0.0775. The first kappa shape index (κ1) is 19.0. The van der Waals surface area contributed by atoms with Crippen LogP contribution in [-0.2, 0) is 4.79 Å². The highest BCUT2D eigenvalue weighted by molar-refractivity contribution is 8.18. The molecular weight excluding hydrogens is 384 g/mol. The fourth-order valence-corrected chi connectivity index (χ4v) is 4.23. The lowest BCUT2D eigenvalue weighted by molar-refractivity contribution is -0.122. The molecule has 0 atom stereocenters. The molecule has 0 bridgehead atoms. The largest absolute Gasteiger partial charge is 0.478 e. The Morgan fingerprint density at radius 1 is 1.07 bits per heavy atom. The highest BCUT2D eigenvalue weighted by Gasteiger charge is 2.32. The maximum atomic E-state index is 12.9. The Balaban J connectivity index is 1.69. The van der Waals surface area contributed by atoms with E-state index in [0.29, 0.717) is 22.3 Å². The number of carbonyl (C=O) groups is 2. The Kier molecular flexibility index (Phi) is 5.18. The standard InChI is InChI=1S/C23H18N2O3S/c1-2-25-21(26)20(14-17-8-5-7-15-6-3-4-9-19(15)17)29-23(25)24-18-12-10-16(11-13-18)22(27)28/h3-14H,2H2,1H3,(H,27,28)/b20-14+,24-23?. The lowest BCUT2D eigenvalue weighted by atomic mass is 10.0. The maximum absolute atomic E-state index is 12.9. The summed E-state index contributed by atoms with van der Waals surface area (Å²) in [6.45, 7) is 2.41. The van der Waals surface area contributed by atoms with E-state index in [1.54, 1.807) is 17.0 Å². The number of amidine groups is 1. The normalized spacial score (nSPS) is 16.9. The van der Waals surface area contributed by atoms with Gasteiger partial charge in [0.15, 0.2) is 5.17 Å². The SMILES string of the molecule is CCN1C(=O)/C(=C\c2cccc3ccccc23)SC1=Nc1ccc(C(=O)O)cc1. The lowest BCUT2D eigenvalue weighted by Crippen LogP contribution is -2.28. The first-order chi connectivity index (χ1) is 14.1. The number of carboxylic acid groups (broad SMARTS) is 1. The molecule has 4 rings (SSSR count). The number of likely N-dealkylation sites (N-methyl/N-ethyl adjacent to an activating group) is 1. The third kappa shape index (κ3) is 3.79. The molecule has 1 saturated heterocycles. The van der Waals surface area contributed by atoms with Gasteiger partial charge in [-0.3, -0.25) is 9.69 Å². The quantitative estimate of drug-likeness (QED) is 0.612. The number of hydrogen-bond acceptors (Lipinski definition) is 4. The summed E-state index contributed by atoms with van der Waals surface area (Å²) >= 11 is 1.33. The monoisotopic (exact) mass is 402 g/mol. The number of benzene rings is 3. The van der Waals surface area contributed by atoms with Crippen molar-refractivity contribution in [2.45, 2.75) is 6.92 Å². The van der Waals surface area contributed by atoms with Crippen LogP contribution in [0.2, 0.25) is 0 Å². The number of aromatic carboxylic acids is 1. The zero-order valence-electron chi connectivity index (χ0n) is 15.7. The predicted octanol–water partition coefficient (Wildman–Crippen LogP) is 5.16. The van der Waals surface area contributed by atoms with Gasteiger partial charge in [-0.25, -0.2) is 9.79 Å². The van der Waals surface area contributed by atoms with Gasteiger partial charge in [-0.1, -0.05) is 42.5 Å². The average molecular weight is 402 g/mol. The molecule has 1 aliphatic rings. The Hall–Kier alpha value is -3.38. The van der Waals surface area contributed by atoms with E-state index in [9.17, 15) is 9.59 Å². The molecule has 29 heavy (non-hydrogen) atoms. The van der Waals surface area contributed by atoms with Crippen LogP contribution in [0.4, 0.5) is 5.69 Å². The molecule has 0 spiro atoms. The molecule has 1 fully saturated rings.